The smallest absolute Gasteiger partial charge is 0.0170 e. The van der Waals surface area contributed by atoms with Gasteiger partial charge < -0.3 is 0 Å². The Kier molecular flexibility index (Phi) is 2.03. The first-order chi connectivity index (χ1) is 8.40. The first-order valence-corrected chi connectivity index (χ1v) is 7.19. The van der Waals surface area contributed by atoms with Crippen LogP contribution in [0.3, 0.4) is 0 Å². The molecule has 1 fully saturated rings. The molecule has 0 heterocycles. The van der Waals surface area contributed by atoms with E-state index in [-0.39, 0.29) is 0 Å². The molecule has 0 N–H and O–H groups in total. The monoisotopic (exact) mass is 224 g/mol. The standard InChI is InChI=1S/C17H20/c1-3-7-15-13(5-1)9-11-17(15)12-10-14-6-2-4-8-16(14)17/h1,3,5,7-8,14H,2,4,6,9-12H2. The summed E-state index contributed by atoms with van der Waals surface area (Å²) < 4.78 is 0. The molecule has 2 unspecified atom stereocenters. The minimum absolute atomic E-state index is 0.474. The topological polar surface area (TPSA) is 0 Å². The highest BCUT2D eigenvalue weighted by Gasteiger charge is 2.48. The number of hydrogen-bond acceptors (Lipinski definition) is 0. The lowest BCUT2D eigenvalue weighted by atomic mass is 9.73. The van der Waals surface area contributed by atoms with Crippen LogP contribution < -0.4 is 0 Å². The van der Waals surface area contributed by atoms with E-state index in [4.69, 9.17) is 0 Å². The number of rotatable bonds is 0. The number of allylic oxidation sites excluding steroid dienone is 2. The molecule has 0 bridgehead atoms. The van der Waals surface area contributed by atoms with Gasteiger partial charge in [0.15, 0.2) is 0 Å². The van der Waals surface area contributed by atoms with E-state index in [1.165, 1.54) is 44.9 Å². The Morgan fingerprint density at radius 1 is 1.06 bits per heavy atom. The van der Waals surface area contributed by atoms with Crippen LogP contribution in [-0.2, 0) is 11.8 Å². The fourth-order valence-corrected chi connectivity index (χ4v) is 4.64. The van der Waals surface area contributed by atoms with Gasteiger partial charge in [-0.05, 0) is 62.0 Å². The van der Waals surface area contributed by atoms with Gasteiger partial charge in [0.2, 0.25) is 0 Å². The van der Waals surface area contributed by atoms with Crippen molar-refractivity contribution in [2.24, 2.45) is 5.92 Å². The zero-order chi connectivity index (χ0) is 11.3. The van der Waals surface area contributed by atoms with Crippen LogP contribution in [0.4, 0.5) is 0 Å². The van der Waals surface area contributed by atoms with Crippen molar-refractivity contribution in [2.75, 3.05) is 0 Å². The summed E-state index contributed by atoms with van der Waals surface area (Å²) in [5.74, 6) is 0.926. The van der Waals surface area contributed by atoms with Crippen molar-refractivity contribution >= 4 is 0 Å². The fourth-order valence-electron chi connectivity index (χ4n) is 4.64. The predicted molar refractivity (Wildman–Crippen MR) is 71.1 cm³/mol. The molecule has 0 amide bonds. The molecule has 0 radical (unpaired) electrons. The normalized spacial score (nSPS) is 34.6. The molecule has 17 heavy (non-hydrogen) atoms. The maximum Gasteiger partial charge on any atom is 0.0170 e. The number of benzene rings is 1. The van der Waals surface area contributed by atoms with Crippen LogP contribution in [0.1, 0.15) is 49.7 Å². The van der Waals surface area contributed by atoms with Crippen LogP contribution >= 0.6 is 0 Å². The average Bonchev–Trinajstić information content (AvgIpc) is 2.95. The summed E-state index contributed by atoms with van der Waals surface area (Å²) in [7, 11) is 0. The van der Waals surface area contributed by atoms with Crippen LogP contribution in [0.15, 0.2) is 35.9 Å². The first kappa shape index (κ1) is 9.94. The fraction of sp³-hybridized carbons (Fsp3) is 0.529. The Morgan fingerprint density at radius 2 is 2.00 bits per heavy atom. The lowest BCUT2D eigenvalue weighted by Gasteiger charge is -2.31. The maximum absolute atomic E-state index is 2.60. The molecule has 3 aliphatic carbocycles. The zero-order valence-electron chi connectivity index (χ0n) is 10.4. The minimum atomic E-state index is 0.474. The number of hydrogen-bond donors (Lipinski definition) is 0. The Balaban J connectivity index is 1.87. The van der Waals surface area contributed by atoms with E-state index in [1.54, 1.807) is 11.1 Å². The van der Waals surface area contributed by atoms with E-state index in [9.17, 15) is 0 Å². The van der Waals surface area contributed by atoms with Crippen molar-refractivity contribution in [3.8, 4) is 0 Å². The number of fused-ring (bicyclic) bond motifs is 4. The van der Waals surface area contributed by atoms with Gasteiger partial charge in [0, 0.05) is 5.41 Å². The second kappa shape index (κ2) is 3.48. The quantitative estimate of drug-likeness (QED) is 0.573. The highest BCUT2D eigenvalue weighted by molar-refractivity contribution is 5.49. The largest absolute Gasteiger partial charge is 0.0842 e. The van der Waals surface area contributed by atoms with Crippen LogP contribution in [0.2, 0.25) is 0 Å². The summed E-state index contributed by atoms with van der Waals surface area (Å²) in [5.41, 5.74) is 5.60. The third kappa shape index (κ3) is 1.24. The Bertz CT molecular complexity index is 483. The van der Waals surface area contributed by atoms with Gasteiger partial charge in [-0.15, -0.1) is 0 Å². The summed E-state index contributed by atoms with van der Waals surface area (Å²) >= 11 is 0. The molecule has 3 aliphatic rings. The van der Waals surface area contributed by atoms with Crippen molar-refractivity contribution < 1.29 is 0 Å². The van der Waals surface area contributed by atoms with Gasteiger partial charge in [-0.3, -0.25) is 0 Å². The van der Waals surface area contributed by atoms with Crippen LogP contribution in [0.5, 0.6) is 0 Å². The zero-order valence-corrected chi connectivity index (χ0v) is 10.4. The summed E-state index contributed by atoms with van der Waals surface area (Å²) in [6.07, 6.45) is 12.4. The van der Waals surface area contributed by atoms with Crippen molar-refractivity contribution in [1.82, 2.24) is 0 Å². The molecule has 0 nitrogen and oxygen atoms in total. The molecule has 1 saturated carbocycles. The summed E-state index contributed by atoms with van der Waals surface area (Å²) in [5, 5.41) is 0. The minimum Gasteiger partial charge on any atom is -0.0842 e. The second-order valence-electron chi connectivity index (χ2n) is 6.07. The molecule has 2 atom stereocenters. The number of aryl methyl sites for hydroxylation is 1. The second-order valence-corrected chi connectivity index (χ2v) is 6.07. The van der Waals surface area contributed by atoms with Gasteiger partial charge in [-0.2, -0.15) is 0 Å². The SMILES string of the molecule is C1=C2C(CCC1)CCC21CCc2ccccc21. The highest BCUT2D eigenvalue weighted by atomic mass is 14.5. The van der Waals surface area contributed by atoms with E-state index in [1.807, 2.05) is 5.57 Å². The van der Waals surface area contributed by atoms with Gasteiger partial charge in [0.25, 0.3) is 0 Å². The van der Waals surface area contributed by atoms with Gasteiger partial charge in [-0.25, -0.2) is 0 Å². The van der Waals surface area contributed by atoms with Crippen LogP contribution in [-0.4, -0.2) is 0 Å². The first-order valence-electron chi connectivity index (χ1n) is 7.19. The van der Waals surface area contributed by atoms with Crippen LogP contribution in [0.25, 0.3) is 0 Å². The van der Waals surface area contributed by atoms with Crippen molar-refractivity contribution in [1.29, 1.82) is 0 Å². The van der Waals surface area contributed by atoms with E-state index in [0.29, 0.717) is 5.41 Å². The molecule has 1 aromatic carbocycles. The van der Waals surface area contributed by atoms with Crippen LogP contribution in [0, 0.1) is 5.92 Å². The van der Waals surface area contributed by atoms with Gasteiger partial charge in [-0.1, -0.05) is 35.9 Å². The van der Waals surface area contributed by atoms with E-state index in [0.717, 1.165) is 5.92 Å². The summed E-state index contributed by atoms with van der Waals surface area (Å²) in [6.45, 7) is 0. The molecule has 0 aliphatic heterocycles. The van der Waals surface area contributed by atoms with Gasteiger partial charge in [0.05, 0.1) is 0 Å². The average molecular weight is 224 g/mol. The molecule has 0 aromatic heterocycles. The third-order valence-corrected chi connectivity index (χ3v) is 5.39. The maximum atomic E-state index is 2.60. The van der Waals surface area contributed by atoms with Crippen molar-refractivity contribution in [2.45, 2.75) is 50.4 Å². The van der Waals surface area contributed by atoms with Gasteiger partial charge in [0.1, 0.15) is 0 Å². The van der Waals surface area contributed by atoms with Crippen molar-refractivity contribution in [3.05, 3.63) is 47.0 Å². The molecular weight excluding hydrogens is 204 g/mol. The highest BCUT2D eigenvalue weighted by Crippen LogP contribution is 2.57. The van der Waals surface area contributed by atoms with Gasteiger partial charge >= 0.3 is 0 Å². The van der Waals surface area contributed by atoms with E-state index in [2.05, 4.69) is 30.3 Å². The predicted octanol–water partition coefficient (Wildman–Crippen LogP) is 4.39. The molecule has 0 heteroatoms. The molecule has 1 aromatic rings. The van der Waals surface area contributed by atoms with E-state index < -0.39 is 0 Å². The third-order valence-electron chi connectivity index (χ3n) is 5.39. The van der Waals surface area contributed by atoms with Crippen molar-refractivity contribution in [3.63, 3.8) is 0 Å². The lowest BCUT2D eigenvalue weighted by Crippen LogP contribution is -2.23. The van der Waals surface area contributed by atoms with E-state index >= 15 is 0 Å². The lowest BCUT2D eigenvalue weighted by molar-refractivity contribution is 0.497. The molecule has 1 spiro atoms. The Morgan fingerprint density at radius 3 is 3.00 bits per heavy atom. The molecular formula is C17H20. The molecule has 0 saturated heterocycles. The Hall–Kier alpha value is -1.04. The summed E-state index contributed by atoms with van der Waals surface area (Å²) in [6, 6.07) is 9.20. The molecule has 4 rings (SSSR count). The Labute approximate surface area is 104 Å². The molecule has 88 valence electrons. The summed E-state index contributed by atoms with van der Waals surface area (Å²) in [4.78, 5) is 0.